The second-order valence-electron chi connectivity index (χ2n) is 4.60. The first-order valence-electron chi connectivity index (χ1n) is 6.86. The maximum atomic E-state index is 5.41. The van der Waals surface area contributed by atoms with Gasteiger partial charge >= 0.3 is 6.01 Å². The number of hydrazine groups is 1. The smallest absolute Gasteiger partial charge is 0.323 e. The minimum atomic E-state index is 0.256. The minimum absolute atomic E-state index is 0.256. The van der Waals surface area contributed by atoms with Gasteiger partial charge in [-0.25, -0.2) is 5.84 Å². The second kappa shape index (κ2) is 7.39. The van der Waals surface area contributed by atoms with Crippen molar-refractivity contribution in [1.82, 2.24) is 15.0 Å². The van der Waals surface area contributed by atoms with Gasteiger partial charge in [-0.3, -0.25) is 5.43 Å². The topological polar surface area (TPSA) is 98.0 Å². The minimum Gasteiger partial charge on any atom is -0.463 e. The molecule has 0 fully saturated rings. The Balaban J connectivity index is 2.05. The first-order valence-corrected chi connectivity index (χ1v) is 6.86. The Labute approximate surface area is 123 Å². The van der Waals surface area contributed by atoms with Crippen LogP contribution in [0.25, 0.3) is 0 Å². The number of nitrogen functional groups attached to an aromatic ring is 1. The van der Waals surface area contributed by atoms with Crippen molar-refractivity contribution in [3.63, 3.8) is 0 Å². The monoisotopic (exact) mass is 288 g/mol. The van der Waals surface area contributed by atoms with Crippen LogP contribution in [-0.4, -0.2) is 21.6 Å². The Hall–Kier alpha value is -2.41. The van der Waals surface area contributed by atoms with Crippen molar-refractivity contribution < 1.29 is 4.74 Å². The molecule has 0 aliphatic heterocycles. The number of ether oxygens (including phenoxy) is 1. The zero-order valence-electron chi connectivity index (χ0n) is 12.3. The van der Waals surface area contributed by atoms with E-state index in [-0.39, 0.29) is 12.0 Å². The Bertz CT molecular complexity index is 572. The highest BCUT2D eigenvalue weighted by Gasteiger charge is 2.06. The maximum Gasteiger partial charge on any atom is 0.323 e. The Morgan fingerprint density at radius 3 is 2.48 bits per heavy atom. The number of hydrogen-bond acceptors (Lipinski definition) is 7. The number of hydrogen-bond donors (Lipinski definition) is 3. The van der Waals surface area contributed by atoms with E-state index in [0.717, 1.165) is 12.0 Å². The van der Waals surface area contributed by atoms with Crippen molar-refractivity contribution in [3.05, 3.63) is 35.4 Å². The van der Waals surface area contributed by atoms with E-state index in [0.29, 0.717) is 19.1 Å². The van der Waals surface area contributed by atoms with Crippen molar-refractivity contribution in [2.75, 3.05) is 17.3 Å². The normalized spacial score (nSPS) is 10.2. The molecule has 4 N–H and O–H groups in total. The highest BCUT2D eigenvalue weighted by atomic mass is 16.5. The highest BCUT2D eigenvalue weighted by Crippen LogP contribution is 2.12. The number of nitrogens with zero attached hydrogens (tertiary/aromatic N) is 3. The summed E-state index contributed by atoms with van der Waals surface area (Å²) in [5.41, 5.74) is 4.77. The summed E-state index contributed by atoms with van der Waals surface area (Å²) in [5.74, 6) is 6.04. The number of aryl methyl sites for hydroxylation is 1. The maximum absolute atomic E-state index is 5.41. The van der Waals surface area contributed by atoms with E-state index in [2.05, 4.69) is 56.9 Å². The Morgan fingerprint density at radius 2 is 1.81 bits per heavy atom. The Morgan fingerprint density at radius 1 is 1.10 bits per heavy atom. The van der Waals surface area contributed by atoms with Crippen molar-refractivity contribution >= 4 is 11.9 Å². The summed E-state index contributed by atoms with van der Waals surface area (Å²) in [5, 5.41) is 3.13. The van der Waals surface area contributed by atoms with Gasteiger partial charge in [0, 0.05) is 6.54 Å². The lowest BCUT2D eigenvalue weighted by Crippen LogP contribution is -2.14. The molecule has 2 rings (SSSR count). The van der Waals surface area contributed by atoms with Crippen LogP contribution in [0.15, 0.2) is 24.3 Å². The summed E-state index contributed by atoms with van der Waals surface area (Å²) in [7, 11) is 0. The third-order valence-corrected chi connectivity index (χ3v) is 2.75. The molecule has 0 spiro atoms. The average molecular weight is 288 g/mol. The molecule has 1 aromatic carbocycles. The molecule has 0 aliphatic carbocycles. The van der Waals surface area contributed by atoms with Gasteiger partial charge in [0.25, 0.3) is 0 Å². The molecule has 7 heteroatoms. The summed E-state index contributed by atoms with van der Waals surface area (Å²) < 4.78 is 5.41. The quantitative estimate of drug-likeness (QED) is 0.528. The lowest BCUT2D eigenvalue weighted by Gasteiger charge is -2.09. The fourth-order valence-corrected chi connectivity index (χ4v) is 1.65. The summed E-state index contributed by atoms with van der Waals surface area (Å²) >= 11 is 0. The fourth-order valence-electron chi connectivity index (χ4n) is 1.65. The predicted molar refractivity (Wildman–Crippen MR) is 81.9 cm³/mol. The zero-order chi connectivity index (χ0) is 15.1. The first kappa shape index (κ1) is 15.0. The third kappa shape index (κ3) is 4.57. The average Bonchev–Trinajstić information content (AvgIpc) is 2.52. The standard InChI is InChI=1S/C14H20N6O/c1-3-8-21-14-18-12(17-13(19-14)20-15)16-9-11-6-4-10(2)5-7-11/h4-7H,3,8-9,15H2,1-2H3,(H2,16,17,18,19,20). The molecule has 1 aromatic heterocycles. The lowest BCUT2D eigenvalue weighted by atomic mass is 10.1. The number of nitrogens with one attached hydrogen (secondary N) is 2. The van der Waals surface area contributed by atoms with Crippen molar-refractivity contribution in [1.29, 1.82) is 0 Å². The van der Waals surface area contributed by atoms with Crippen LogP contribution < -0.4 is 21.3 Å². The SMILES string of the molecule is CCCOc1nc(NN)nc(NCc2ccc(C)cc2)n1. The van der Waals surface area contributed by atoms with E-state index in [1.807, 2.05) is 6.92 Å². The first-order chi connectivity index (χ1) is 10.2. The number of rotatable bonds is 7. The molecule has 0 amide bonds. The second-order valence-corrected chi connectivity index (χ2v) is 4.60. The van der Waals surface area contributed by atoms with Crippen molar-refractivity contribution in [2.24, 2.45) is 5.84 Å². The van der Waals surface area contributed by atoms with E-state index < -0.39 is 0 Å². The van der Waals surface area contributed by atoms with E-state index in [4.69, 9.17) is 10.6 Å². The summed E-state index contributed by atoms with van der Waals surface area (Å²) in [6.07, 6.45) is 0.878. The summed E-state index contributed by atoms with van der Waals surface area (Å²) in [6.45, 7) is 5.23. The fraction of sp³-hybridized carbons (Fsp3) is 0.357. The Kier molecular flexibility index (Phi) is 5.28. The number of aromatic nitrogens is 3. The van der Waals surface area contributed by atoms with Crippen LogP contribution >= 0.6 is 0 Å². The molecule has 0 radical (unpaired) electrons. The molecule has 21 heavy (non-hydrogen) atoms. The number of benzene rings is 1. The van der Waals surface area contributed by atoms with Crippen LogP contribution in [0, 0.1) is 6.92 Å². The molecule has 0 atom stereocenters. The molecule has 0 bridgehead atoms. The zero-order valence-corrected chi connectivity index (χ0v) is 12.3. The van der Waals surface area contributed by atoms with Gasteiger partial charge < -0.3 is 10.1 Å². The highest BCUT2D eigenvalue weighted by molar-refractivity contribution is 5.36. The van der Waals surface area contributed by atoms with Crippen LogP contribution in [0.5, 0.6) is 6.01 Å². The molecule has 0 saturated heterocycles. The van der Waals surface area contributed by atoms with Gasteiger partial charge in [-0.1, -0.05) is 36.8 Å². The van der Waals surface area contributed by atoms with E-state index in [9.17, 15) is 0 Å². The lowest BCUT2D eigenvalue weighted by molar-refractivity contribution is 0.292. The molecule has 0 unspecified atom stereocenters. The summed E-state index contributed by atoms with van der Waals surface area (Å²) in [6, 6.07) is 8.49. The molecule has 0 aliphatic rings. The van der Waals surface area contributed by atoms with Gasteiger partial charge in [0.2, 0.25) is 11.9 Å². The van der Waals surface area contributed by atoms with Crippen LogP contribution in [0.2, 0.25) is 0 Å². The van der Waals surface area contributed by atoms with Gasteiger partial charge in [0.05, 0.1) is 6.61 Å². The van der Waals surface area contributed by atoms with Crippen LogP contribution in [0.3, 0.4) is 0 Å². The van der Waals surface area contributed by atoms with E-state index >= 15 is 0 Å². The predicted octanol–water partition coefficient (Wildman–Crippen LogP) is 1.87. The van der Waals surface area contributed by atoms with Gasteiger partial charge in [-0.05, 0) is 18.9 Å². The molecule has 1 heterocycles. The number of nitrogens with two attached hydrogens (primary N) is 1. The molecular formula is C14H20N6O. The van der Waals surface area contributed by atoms with Crippen molar-refractivity contribution in [3.8, 4) is 6.01 Å². The third-order valence-electron chi connectivity index (χ3n) is 2.75. The molecule has 2 aromatic rings. The van der Waals surface area contributed by atoms with Crippen molar-refractivity contribution in [2.45, 2.75) is 26.8 Å². The van der Waals surface area contributed by atoms with E-state index in [1.165, 1.54) is 5.56 Å². The van der Waals surface area contributed by atoms with Crippen LogP contribution in [0.4, 0.5) is 11.9 Å². The van der Waals surface area contributed by atoms with E-state index in [1.54, 1.807) is 0 Å². The molecule has 112 valence electrons. The van der Waals surface area contributed by atoms with Gasteiger partial charge in [-0.15, -0.1) is 0 Å². The molecule has 0 saturated carbocycles. The van der Waals surface area contributed by atoms with Gasteiger partial charge in [0.1, 0.15) is 0 Å². The van der Waals surface area contributed by atoms with Gasteiger partial charge in [-0.2, -0.15) is 15.0 Å². The largest absolute Gasteiger partial charge is 0.463 e. The van der Waals surface area contributed by atoms with Gasteiger partial charge in [0.15, 0.2) is 0 Å². The van der Waals surface area contributed by atoms with Crippen LogP contribution in [0.1, 0.15) is 24.5 Å². The number of anilines is 2. The molecule has 7 nitrogen and oxygen atoms in total. The van der Waals surface area contributed by atoms with Crippen LogP contribution in [-0.2, 0) is 6.54 Å². The molecular weight excluding hydrogens is 268 g/mol. The summed E-state index contributed by atoms with van der Waals surface area (Å²) in [4.78, 5) is 12.4.